The summed E-state index contributed by atoms with van der Waals surface area (Å²) in [5.41, 5.74) is 0.121. The van der Waals surface area contributed by atoms with E-state index in [0.717, 1.165) is 17.2 Å². The second-order valence-electron chi connectivity index (χ2n) is 7.18. The quantitative estimate of drug-likeness (QED) is 0.349. The zero-order valence-corrected chi connectivity index (χ0v) is 15.7. The lowest BCUT2D eigenvalue weighted by Crippen LogP contribution is -2.42. The fourth-order valence-electron chi connectivity index (χ4n) is 3.46. The molecule has 1 rings (SSSR count). The molecule has 1 aliphatic rings. The molecule has 0 heterocycles. The van der Waals surface area contributed by atoms with Crippen molar-refractivity contribution in [3.63, 3.8) is 0 Å². The Morgan fingerprint density at radius 2 is 1.75 bits per heavy atom. The predicted molar refractivity (Wildman–Crippen MR) is 92.6 cm³/mol. The third-order valence-corrected chi connectivity index (χ3v) is 6.07. The second kappa shape index (κ2) is 9.46. The summed E-state index contributed by atoms with van der Waals surface area (Å²) in [5, 5.41) is 1.00. The van der Waals surface area contributed by atoms with Crippen LogP contribution in [0.25, 0.3) is 0 Å². The van der Waals surface area contributed by atoms with E-state index in [0.29, 0.717) is 6.10 Å². The van der Waals surface area contributed by atoms with Gasteiger partial charge in [-0.2, -0.15) is 0 Å². The summed E-state index contributed by atoms with van der Waals surface area (Å²) in [7, 11) is 0. The molecule has 0 bridgehead atoms. The van der Waals surface area contributed by atoms with E-state index in [1.807, 2.05) is 0 Å². The monoisotopic (exact) mass is 346 g/mol. The third kappa shape index (κ3) is 6.05. The molecule has 0 aromatic rings. The molecule has 0 saturated heterocycles. The number of rotatable bonds is 9. The number of hydrogen-bond acceptors (Lipinski definition) is 1. The minimum Gasteiger partial charge on any atom is -0.371 e. The Morgan fingerprint density at radius 1 is 1.10 bits per heavy atom. The fraction of sp³-hybridized carbons (Fsp3) is 1.00. The Hall–Kier alpha value is 0.440. The van der Waals surface area contributed by atoms with E-state index >= 15 is 0 Å². The Kier molecular flexibility index (Phi) is 8.74. The molecule has 1 aliphatic carbocycles. The van der Waals surface area contributed by atoms with Gasteiger partial charge in [-0.15, -0.1) is 0 Å². The van der Waals surface area contributed by atoms with Crippen molar-refractivity contribution in [2.45, 2.75) is 97.2 Å². The molecule has 0 aliphatic heterocycles. The first-order valence-electron chi connectivity index (χ1n) is 8.76. The van der Waals surface area contributed by atoms with E-state index in [1.54, 1.807) is 0 Å². The van der Waals surface area contributed by atoms with Crippen molar-refractivity contribution in [1.29, 1.82) is 0 Å². The average molecular weight is 347 g/mol. The van der Waals surface area contributed by atoms with Crippen molar-refractivity contribution in [2.24, 2.45) is 11.8 Å². The normalized spacial score (nSPS) is 28.8. The van der Waals surface area contributed by atoms with Gasteiger partial charge in [-0.05, 0) is 50.9 Å². The predicted octanol–water partition coefficient (Wildman–Crippen LogP) is 6.34. The van der Waals surface area contributed by atoms with Crippen LogP contribution in [0, 0.1) is 11.8 Å². The smallest absolute Gasteiger partial charge is 0.0782 e. The van der Waals surface area contributed by atoms with Gasteiger partial charge >= 0.3 is 0 Å². The van der Waals surface area contributed by atoms with Crippen LogP contribution in [0.5, 0.6) is 0 Å². The van der Waals surface area contributed by atoms with Gasteiger partial charge in [0.1, 0.15) is 0 Å². The molecular weight excluding hydrogens is 312 g/mol. The molecule has 0 N–H and O–H groups in total. The van der Waals surface area contributed by atoms with Gasteiger partial charge in [0.15, 0.2) is 0 Å². The molecule has 20 heavy (non-hydrogen) atoms. The SMILES string of the molecule is CCCCCCC(C)OC1(CBr)CCC(C(C)C)CC1. The van der Waals surface area contributed by atoms with Crippen molar-refractivity contribution in [2.75, 3.05) is 5.33 Å². The highest BCUT2D eigenvalue weighted by atomic mass is 79.9. The number of unbranched alkanes of at least 4 members (excludes halogenated alkanes) is 3. The van der Waals surface area contributed by atoms with Crippen molar-refractivity contribution in [3.8, 4) is 0 Å². The fourth-order valence-corrected chi connectivity index (χ4v) is 4.15. The summed E-state index contributed by atoms with van der Waals surface area (Å²) in [6.45, 7) is 9.27. The molecule has 1 nitrogen and oxygen atoms in total. The van der Waals surface area contributed by atoms with E-state index in [2.05, 4.69) is 43.6 Å². The van der Waals surface area contributed by atoms with Crippen molar-refractivity contribution < 1.29 is 4.74 Å². The molecule has 120 valence electrons. The average Bonchev–Trinajstić information content (AvgIpc) is 2.44. The van der Waals surface area contributed by atoms with Crippen LogP contribution in [-0.2, 0) is 4.74 Å². The first-order chi connectivity index (χ1) is 9.53. The number of hydrogen-bond donors (Lipinski definition) is 0. The maximum absolute atomic E-state index is 6.49. The summed E-state index contributed by atoms with van der Waals surface area (Å²) < 4.78 is 6.49. The van der Waals surface area contributed by atoms with Crippen LogP contribution in [-0.4, -0.2) is 17.0 Å². The Bertz CT molecular complexity index is 244. The molecule has 2 heteroatoms. The first kappa shape index (κ1) is 18.5. The summed E-state index contributed by atoms with van der Waals surface area (Å²) in [6, 6.07) is 0. The van der Waals surface area contributed by atoms with Crippen LogP contribution >= 0.6 is 15.9 Å². The molecule has 0 spiro atoms. The summed E-state index contributed by atoms with van der Waals surface area (Å²) in [4.78, 5) is 0. The van der Waals surface area contributed by atoms with E-state index in [9.17, 15) is 0 Å². The molecule has 0 radical (unpaired) electrons. The van der Waals surface area contributed by atoms with Crippen LogP contribution in [0.1, 0.15) is 85.5 Å². The summed E-state index contributed by atoms with van der Waals surface area (Å²) in [6.07, 6.45) is 12.2. The third-order valence-electron chi connectivity index (χ3n) is 5.04. The lowest BCUT2D eigenvalue weighted by atomic mass is 9.75. The zero-order valence-electron chi connectivity index (χ0n) is 14.1. The number of halogens is 1. The van der Waals surface area contributed by atoms with Gasteiger partial charge in [-0.1, -0.05) is 62.4 Å². The van der Waals surface area contributed by atoms with Gasteiger partial charge in [-0.3, -0.25) is 0 Å². The minimum absolute atomic E-state index is 0.121. The largest absolute Gasteiger partial charge is 0.371 e. The first-order valence-corrected chi connectivity index (χ1v) is 9.89. The van der Waals surface area contributed by atoms with E-state index in [1.165, 1.54) is 57.8 Å². The molecule has 1 unspecified atom stereocenters. The van der Waals surface area contributed by atoms with Crippen LogP contribution in [0.2, 0.25) is 0 Å². The molecule has 0 aromatic carbocycles. The topological polar surface area (TPSA) is 9.23 Å². The van der Waals surface area contributed by atoms with Gasteiger partial charge in [0.2, 0.25) is 0 Å². The van der Waals surface area contributed by atoms with Gasteiger partial charge in [0.25, 0.3) is 0 Å². The van der Waals surface area contributed by atoms with E-state index < -0.39 is 0 Å². The Balaban J connectivity index is 2.35. The highest BCUT2D eigenvalue weighted by molar-refractivity contribution is 9.09. The standard InChI is InChI=1S/C18H35BrO/c1-5-6-7-8-9-16(4)20-18(14-19)12-10-17(11-13-18)15(2)3/h15-17H,5-14H2,1-4H3. The second-order valence-corrected chi connectivity index (χ2v) is 7.74. The van der Waals surface area contributed by atoms with Gasteiger partial charge < -0.3 is 4.74 Å². The Labute approximate surface area is 135 Å². The van der Waals surface area contributed by atoms with E-state index in [4.69, 9.17) is 4.74 Å². The maximum Gasteiger partial charge on any atom is 0.0782 e. The molecule has 0 aromatic heterocycles. The lowest BCUT2D eigenvalue weighted by Gasteiger charge is -2.42. The molecule has 1 saturated carbocycles. The van der Waals surface area contributed by atoms with Crippen LogP contribution in [0.3, 0.4) is 0 Å². The Morgan fingerprint density at radius 3 is 2.25 bits per heavy atom. The molecule has 1 fully saturated rings. The number of alkyl halides is 1. The zero-order chi connectivity index (χ0) is 15.0. The van der Waals surface area contributed by atoms with Crippen molar-refractivity contribution in [1.82, 2.24) is 0 Å². The van der Waals surface area contributed by atoms with Crippen LogP contribution in [0.15, 0.2) is 0 Å². The summed E-state index contributed by atoms with van der Waals surface area (Å²) in [5.74, 6) is 1.74. The molecule has 1 atom stereocenters. The lowest BCUT2D eigenvalue weighted by molar-refractivity contribution is -0.103. The van der Waals surface area contributed by atoms with E-state index in [-0.39, 0.29) is 5.60 Å². The molecular formula is C18H35BrO. The van der Waals surface area contributed by atoms with Crippen molar-refractivity contribution >= 4 is 15.9 Å². The van der Waals surface area contributed by atoms with Gasteiger partial charge in [-0.25, -0.2) is 0 Å². The molecule has 0 amide bonds. The van der Waals surface area contributed by atoms with Crippen LogP contribution < -0.4 is 0 Å². The van der Waals surface area contributed by atoms with Crippen molar-refractivity contribution in [3.05, 3.63) is 0 Å². The maximum atomic E-state index is 6.49. The van der Waals surface area contributed by atoms with Gasteiger partial charge in [0, 0.05) is 5.33 Å². The summed E-state index contributed by atoms with van der Waals surface area (Å²) >= 11 is 3.72. The number of ether oxygens (including phenoxy) is 1. The van der Waals surface area contributed by atoms with Gasteiger partial charge in [0.05, 0.1) is 11.7 Å². The highest BCUT2D eigenvalue weighted by Crippen LogP contribution is 2.40. The van der Waals surface area contributed by atoms with Crippen LogP contribution in [0.4, 0.5) is 0 Å². The highest BCUT2D eigenvalue weighted by Gasteiger charge is 2.37. The minimum atomic E-state index is 0.121.